The van der Waals surface area contributed by atoms with Crippen molar-refractivity contribution in [1.82, 2.24) is 5.32 Å². The Morgan fingerprint density at radius 1 is 1.18 bits per heavy atom. The summed E-state index contributed by atoms with van der Waals surface area (Å²) in [5.74, 6) is -0.344. The maximum Gasteiger partial charge on any atom is 0.287 e. The molecule has 0 spiro atoms. The number of aliphatic hydroxyl groups excluding tert-OH is 1. The second-order valence-electron chi connectivity index (χ2n) is 5.58. The molecule has 2 unspecified atom stereocenters. The van der Waals surface area contributed by atoms with Gasteiger partial charge in [-0.1, -0.05) is 25.0 Å². The third kappa shape index (κ3) is 3.04. The molecular weight excluding hydrogens is 285 g/mol. The van der Waals surface area contributed by atoms with Crippen LogP contribution in [0.2, 0.25) is 0 Å². The lowest BCUT2D eigenvalue weighted by Crippen LogP contribution is -2.44. The number of carbonyl (C=O) groups excluding carboxylic acids is 1. The molecule has 5 heteroatoms. The Balaban J connectivity index is 1.73. The molecule has 1 aliphatic rings. The van der Waals surface area contributed by atoms with Crippen LogP contribution < -0.4 is 5.32 Å². The molecule has 2 N–H and O–H groups in total. The number of furan rings is 1. The molecule has 1 fully saturated rings. The Morgan fingerprint density at radius 3 is 2.73 bits per heavy atom. The number of nitrogens with one attached hydrogen (secondary N) is 1. The molecule has 22 heavy (non-hydrogen) atoms. The Kier molecular flexibility index (Phi) is 4.24. The molecule has 2 atom stereocenters. The van der Waals surface area contributed by atoms with Crippen molar-refractivity contribution in [3.63, 3.8) is 0 Å². The maximum absolute atomic E-state index is 13.7. The molecule has 1 aromatic carbocycles. The molecule has 0 aliphatic heterocycles. The molecule has 2 aromatic rings. The van der Waals surface area contributed by atoms with Gasteiger partial charge in [0, 0.05) is 0 Å². The first-order valence-electron chi connectivity index (χ1n) is 7.49. The second kappa shape index (κ2) is 6.32. The van der Waals surface area contributed by atoms with E-state index in [1.54, 1.807) is 24.3 Å². The quantitative estimate of drug-likeness (QED) is 0.915. The van der Waals surface area contributed by atoms with E-state index < -0.39 is 11.9 Å². The summed E-state index contributed by atoms with van der Waals surface area (Å²) in [7, 11) is 0. The number of carbonyl (C=O) groups is 1. The molecule has 1 aliphatic carbocycles. The van der Waals surface area contributed by atoms with Crippen LogP contribution in [0.5, 0.6) is 0 Å². The fraction of sp³-hybridized carbons (Fsp3) is 0.353. The predicted octanol–water partition coefficient (Wildman–Crippen LogP) is 3.12. The molecule has 0 radical (unpaired) electrons. The van der Waals surface area contributed by atoms with Crippen LogP contribution in [0.4, 0.5) is 4.39 Å². The van der Waals surface area contributed by atoms with E-state index in [0.29, 0.717) is 17.7 Å². The van der Waals surface area contributed by atoms with Crippen LogP contribution in [-0.2, 0) is 0 Å². The van der Waals surface area contributed by atoms with Crippen molar-refractivity contribution in [2.24, 2.45) is 0 Å². The molecule has 116 valence electrons. The van der Waals surface area contributed by atoms with E-state index in [9.17, 15) is 14.3 Å². The summed E-state index contributed by atoms with van der Waals surface area (Å²) in [5.41, 5.74) is 0.319. The summed E-state index contributed by atoms with van der Waals surface area (Å²) in [5, 5.41) is 12.7. The largest absolute Gasteiger partial charge is 0.451 e. The number of hydrogen-bond donors (Lipinski definition) is 2. The highest BCUT2D eigenvalue weighted by Gasteiger charge is 2.26. The van der Waals surface area contributed by atoms with Gasteiger partial charge in [-0.15, -0.1) is 0 Å². The number of halogens is 1. The monoisotopic (exact) mass is 303 g/mol. The van der Waals surface area contributed by atoms with E-state index in [1.807, 2.05) is 0 Å². The minimum absolute atomic E-state index is 0.121. The summed E-state index contributed by atoms with van der Waals surface area (Å²) in [6, 6.07) is 9.09. The van der Waals surface area contributed by atoms with Crippen LogP contribution in [0.3, 0.4) is 0 Å². The van der Waals surface area contributed by atoms with Crippen LogP contribution in [0.15, 0.2) is 40.8 Å². The van der Waals surface area contributed by atoms with Crippen LogP contribution >= 0.6 is 0 Å². The first-order valence-corrected chi connectivity index (χ1v) is 7.49. The molecule has 1 amide bonds. The number of hydrogen-bond acceptors (Lipinski definition) is 3. The van der Waals surface area contributed by atoms with Crippen LogP contribution in [0.25, 0.3) is 11.3 Å². The zero-order valence-corrected chi connectivity index (χ0v) is 12.1. The lowest BCUT2D eigenvalue weighted by molar-refractivity contribution is 0.0698. The Bertz CT molecular complexity index is 667. The van der Waals surface area contributed by atoms with Crippen molar-refractivity contribution >= 4 is 5.91 Å². The molecule has 1 saturated carbocycles. The van der Waals surface area contributed by atoms with Crippen molar-refractivity contribution in [3.05, 3.63) is 48.0 Å². The zero-order chi connectivity index (χ0) is 15.5. The average molecular weight is 303 g/mol. The van der Waals surface area contributed by atoms with Gasteiger partial charge in [-0.2, -0.15) is 0 Å². The predicted molar refractivity (Wildman–Crippen MR) is 79.8 cm³/mol. The molecule has 1 aromatic heterocycles. The Hall–Kier alpha value is -2.14. The average Bonchev–Trinajstić information content (AvgIpc) is 3.00. The first-order chi connectivity index (χ1) is 10.6. The third-order valence-corrected chi connectivity index (χ3v) is 4.02. The zero-order valence-electron chi connectivity index (χ0n) is 12.1. The van der Waals surface area contributed by atoms with Gasteiger partial charge in [0.25, 0.3) is 5.91 Å². The second-order valence-corrected chi connectivity index (χ2v) is 5.58. The van der Waals surface area contributed by atoms with Gasteiger partial charge < -0.3 is 14.8 Å². The summed E-state index contributed by atoms with van der Waals surface area (Å²) in [4.78, 5) is 12.2. The molecule has 4 nitrogen and oxygen atoms in total. The fourth-order valence-electron chi connectivity index (χ4n) is 2.78. The van der Waals surface area contributed by atoms with E-state index in [4.69, 9.17) is 4.42 Å². The highest BCUT2D eigenvalue weighted by molar-refractivity contribution is 5.92. The minimum atomic E-state index is -0.515. The van der Waals surface area contributed by atoms with Crippen molar-refractivity contribution in [2.75, 3.05) is 0 Å². The maximum atomic E-state index is 13.7. The number of benzene rings is 1. The van der Waals surface area contributed by atoms with Gasteiger partial charge in [-0.3, -0.25) is 4.79 Å². The molecular formula is C17H18FNO3. The fourth-order valence-corrected chi connectivity index (χ4v) is 2.78. The van der Waals surface area contributed by atoms with Crippen molar-refractivity contribution < 1.29 is 18.7 Å². The Morgan fingerprint density at radius 2 is 1.95 bits per heavy atom. The molecule has 3 rings (SSSR count). The summed E-state index contributed by atoms with van der Waals surface area (Å²) < 4.78 is 19.2. The van der Waals surface area contributed by atoms with Crippen LogP contribution in [0, 0.1) is 5.82 Å². The van der Waals surface area contributed by atoms with Gasteiger partial charge >= 0.3 is 0 Å². The van der Waals surface area contributed by atoms with Gasteiger partial charge in [-0.05, 0) is 37.1 Å². The third-order valence-electron chi connectivity index (χ3n) is 4.02. The highest BCUT2D eigenvalue weighted by Crippen LogP contribution is 2.25. The van der Waals surface area contributed by atoms with Gasteiger partial charge in [0.2, 0.25) is 0 Å². The number of rotatable bonds is 3. The number of aliphatic hydroxyl groups is 1. The normalized spacial score (nSPS) is 21.5. The molecule has 0 bridgehead atoms. The van der Waals surface area contributed by atoms with E-state index in [1.165, 1.54) is 12.1 Å². The first kappa shape index (κ1) is 14.8. The lowest BCUT2D eigenvalue weighted by Gasteiger charge is -2.27. The highest BCUT2D eigenvalue weighted by atomic mass is 19.1. The van der Waals surface area contributed by atoms with Gasteiger partial charge in [0.05, 0.1) is 17.7 Å². The van der Waals surface area contributed by atoms with Crippen LogP contribution in [0.1, 0.15) is 36.2 Å². The lowest BCUT2D eigenvalue weighted by atomic mass is 9.92. The van der Waals surface area contributed by atoms with E-state index in [-0.39, 0.29) is 17.7 Å². The molecule has 0 saturated heterocycles. The van der Waals surface area contributed by atoms with Crippen molar-refractivity contribution in [3.8, 4) is 11.3 Å². The summed E-state index contributed by atoms with van der Waals surface area (Å²) >= 11 is 0. The van der Waals surface area contributed by atoms with E-state index in [2.05, 4.69) is 5.32 Å². The smallest absolute Gasteiger partial charge is 0.287 e. The van der Waals surface area contributed by atoms with Gasteiger partial charge in [-0.25, -0.2) is 4.39 Å². The van der Waals surface area contributed by atoms with Gasteiger partial charge in [0.15, 0.2) is 5.76 Å². The number of amides is 1. The molecule has 1 heterocycles. The standard InChI is InChI=1S/C17H18FNO3/c18-12-6-2-1-5-11(12)15-9-10-16(22-15)17(21)19-13-7-3-4-8-14(13)20/h1-2,5-6,9-10,13-14,20H,3-4,7-8H2,(H,19,21). The summed E-state index contributed by atoms with van der Waals surface area (Å²) in [6.45, 7) is 0. The van der Waals surface area contributed by atoms with Gasteiger partial charge in [0.1, 0.15) is 11.6 Å². The summed E-state index contributed by atoms with van der Waals surface area (Å²) in [6.07, 6.45) is 2.91. The van der Waals surface area contributed by atoms with Crippen molar-refractivity contribution in [2.45, 2.75) is 37.8 Å². The Labute approximate surface area is 128 Å². The van der Waals surface area contributed by atoms with E-state index in [0.717, 1.165) is 19.3 Å². The van der Waals surface area contributed by atoms with Crippen LogP contribution in [-0.4, -0.2) is 23.2 Å². The topological polar surface area (TPSA) is 62.5 Å². The van der Waals surface area contributed by atoms with Crippen molar-refractivity contribution in [1.29, 1.82) is 0 Å². The SMILES string of the molecule is O=C(NC1CCCCC1O)c1ccc(-c2ccccc2F)o1. The minimum Gasteiger partial charge on any atom is -0.451 e. The van der Waals surface area contributed by atoms with E-state index >= 15 is 0 Å².